The van der Waals surface area contributed by atoms with Gasteiger partial charge in [0.25, 0.3) is 0 Å². The highest BCUT2D eigenvalue weighted by atomic mass is 16.3. The van der Waals surface area contributed by atoms with Crippen LogP contribution in [0.5, 0.6) is 0 Å². The Balaban J connectivity index is 1.91. The minimum Gasteiger partial charge on any atom is -0.396 e. The molecule has 0 bridgehead atoms. The lowest BCUT2D eigenvalue weighted by Gasteiger charge is -2.37. The summed E-state index contributed by atoms with van der Waals surface area (Å²) in [5.74, 6) is 0.104. The second kappa shape index (κ2) is 5.82. The van der Waals surface area contributed by atoms with Gasteiger partial charge in [-0.25, -0.2) is 0 Å². The number of hydrogen-bond donors (Lipinski definition) is 1. The quantitative estimate of drug-likeness (QED) is 0.790. The molecule has 0 atom stereocenters. The summed E-state index contributed by atoms with van der Waals surface area (Å²) in [5, 5.41) is 12.9. The van der Waals surface area contributed by atoms with E-state index >= 15 is 0 Å². The van der Waals surface area contributed by atoms with Gasteiger partial charge >= 0.3 is 0 Å². The summed E-state index contributed by atoms with van der Waals surface area (Å²) >= 11 is 0. The first kappa shape index (κ1) is 12.1. The first-order valence-electron chi connectivity index (χ1n) is 6.19. The molecule has 1 aromatic rings. The summed E-state index contributed by atoms with van der Waals surface area (Å²) in [7, 11) is 0. The van der Waals surface area contributed by atoms with E-state index in [-0.39, 0.29) is 12.5 Å². The molecule has 1 amide bonds. The van der Waals surface area contributed by atoms with Crippen molar-refractivity contribution in [2.75, 3.05) is 13.2 Å². The van der Waals surface area contributed by atoms with Gasteiger partial charge in [0, 0.05) is 31.6 Å². The van der Waals surface area contributed by atoms with Crippen LogP contribution in [0.4, 0.5) is 0 Å². The standard InChI is InChI=1S/C12H19N3O2/c16-9-3-8-15(11-4-1-5-11)12(17)10-14-7-2-6-13-14/h2,6-7,11,16H,1,3-5,8-10H2. The molecule has 5 heteroatoms. The number of nitrogens with zero attached hydrogens (tertiary/aromatic N) is 3. The van der Waals surface area contributed by atoms with E-state index in [0.717, 1.165) is 12.8 Å². The highest BCUT2D eigenvalue weighted by Crippen LogP contribution is 2.25. The van der Waals surface area contributed by atoms with Gasteiger partial charge in [0.15, 0.2) is 0 Å². The lowest BCUT2D eigenvalue weighted by atomic mass is 9.91. The van der Waals surface area contributed by atoms with E-state index < -0.39 is 0 Å². The molecule has 94 valence electrons. The van der Waals surface area contributed by atoms with Crippen LogP contribution in [0.3, 0.4) is 0 Å². The molecule has 1 aliphatic carbocycles. The van der Waals surface area contributed by atoms with Crippen LogP contribution in [0.25, 0.3) is 0 Å². The predicted molar refractivity (Wildman–Crippen MR) is 63.3 cm³/mol. The molecule has 0 radical (unpaired) electrons. The Morgan fingerprint density at radius 3 is 2.88 bits per heavy atom. The monoisotopic (exact) mass is 237 g/mol. The van der Waals surface area contributed by atoms with Gasteiger partial charge in [0.1, 0.15) is 6.54 Å². The number of rotatable bonds is 6. The fraction of sp³-hybridized carbons (Fsp3) is 0.667. The Kier molecular flexibility index (Phi) is 4.14. The number of amides is 1. The molecular formula is C12H19N3O2. The minimum absolute atomic E-state index is 0.104. The molecular weight excluding hydrogens is 218 g/mol. The topological polar surface area (TPSA) is 58.4 Å². The molecule has 1 aliphatic rings. The van der Waals surface area contributed by atoms with Gasteiger partial charge in [-0.2, -0.15) is 5.10 Å². The minimum atomic E-state index is 0.104. The average molecular weight is 237 g/mol. The van der Waals surface area contributed by atoms with Crippen LogP contribution in [0, 0.1) is 0 Å². The van der Waals surface area contributed by atoms with Crippen molar-refractivity contribution < 1.29 is 9.90 Å². The van der Waals surface area contributed by atoms with Crippen LogP contribution in [-0.2, 0) is 11.3 Å². The SMILES string of the molecule is O=C(Cn1cccn1)N(CCCO)C1CCC1. The summed E-state index contributed by atoms with van der Waals surface area (Å²) < 4.78 is 1.65. The summed E-state index contributed by atoms with van der Waals surface area (Å²) in [6.45, 7) is 1.09. The second-order valence-corrected chi connectivity index (χ2v) is 4.45. The van der Waals surface area contributed by atoms with Gasteiger partial charge in [0.2, 0.25) is 5.91 Å². The maximum absolute atomic E-state index is 12.1. The molecule has 17 heavy (non-hydrogen) atoms. The molecule has 0 aromatic carbocycles. The van der Waals surface area contributed by atoms with Crippen molar-refractivity contribution in [3.63, 3.8) is 0 Å². The highest BCUT2D eigenvalue weighted by Gasteiger charge is 2.28. The van der Waals surface area contributed by atoms with Gasteiger partial charge in [-0.3, -0.25) is 9.48 Å². The zero-order valence-corrected chi connectivity index (χ0v) is 9.96. The summed E-state index contributed by atoms with van der Waals surface area (Å²) in [6.07, 6.45) is 7.51. The van der Waals surface area contributed by atoms with E-state index in [2.05, 4.69) is 5.10 Å². The first-order chi connectivity index (χ1) is 8.31. The molecule has 1 fully saturated rings. The molecule has 2 rings (SSSR count). The van der Waals surface area contributed by atoms with Crippen LogP contribution in [0.2, 0.25) is 0 Å². The molecule has 0 aliphatic heterocycles. The van der Waals surface area contributed by atoms with Crippen molar-refractivity contribution in [2.45, 2.75) is 38.3 Å². The van der Waals surface area contributed by atoms with Gasteiger partial charge < -0.3 is 10.0 Å². The Morgan fingerprint density at radius 2 is 2.35 bits per heavy atom. The van der Waals surface area contributed by atoms with Crippen LogP contribution in [0.1, 0.15) is 25.7 Å². The van der Waals surface area contributed by atoms with Crippen molar-refractivity contribution in [1.29, 1.82) is 0 Å². The third-order valence-corrected chi connectivity index (χ3v) is 3.25. The molecule has 1 heterocycles. The van der Waals surface area contributed by atoms with Crippen LogP contribution in [-0.4, -0.2) is 44.9 Å². The van der Waals surface area contributed by atoms with Crippen LogP contribution >= 0.6 is 0 Å². The number of carbonyl (C=O) groups is 1. The summed E-state index contributed by atoms with van der Waals surface area (Å²) in [4.78, 5) is 14.0. The smallest absolute Gasteiger partial charge is 0.244 e. The number of carbonyl (C=O) groups excluding carboxylic acids is 1. The number of aliphatic hydroxyl groups excluding tert-OH is 1. The second-order valence-electron chi connectivity index (χ2n) is 4.45. The van der Waals surface area contributed by atoms with Crippen molar-refractivity contribution in [3.05, 3.63) is 18.5 Å². The maximum atomic E-state index is 12.1. The number of aliphatic hydroxyl groups is 1. The van der Waals surface area contributed by atoms with Gasteiger partial charge in [0.05, 0.1) is 0 Å². The molecule has 5 nitrogen and oxygen atoms in total. The van der Waals surface area contributed by atoms with Gasteiger partial charge in [-0.15, -0.1) is 0 Å². The summed E-state index contributed by atoms with van der Waals surface area (Å²) in [5.41, 5.74) is 0. The predicted octanol–water partition coefficient (Wildman–Crippen LogP) is 0.647. The summed E-state index contributed by atoms with van der Waals surface area (Å²) in [6, 6.07) is 2.19. The fourth-order valence-electron chi connectivity index (χ4n) is 2.07. The van der Waals surface area contributed by atoms with E-state index in [1.807, 2.05) is 11.0 Å². The Labute approximate surface area is 101 Å². The highest BCUT2D eigenvalue weighted by molar-refractivity contribution is 5.76. The Morgan fingerprint density at radius 1 is 1.53 bits per heavy atom. The van der Waals surface area contributed by atoms with E-state index in [1.165, 1.54) is 6.42 Å². The van der Waals surface area contributed by atoms with Gasteiger partial charge in [-0.05, 0) is 31.7 Å². The maximum Gasteiger partial charge on any atom is 0.244 e. The third-order valence-electron chi connectivity index (χ3n) is 3.25. The van der Waals surface area contributed by atoms with Crippen molar-refractivity contribution >= 4 is 5.91 Å². The Bertz CT molecular complexity index is 347. The van der Waals surface area contributed by atoms with E-state index in [0.29, 0.717) is 25.6 Å². The van der Waals surface area contributed by atoms with Crippen LogP contribution in [0.15, 0.2) is 18.5 Å². The first-order valence-corrected chi connectivity index (χ1v) is 6.19. The molecule has 1 aromatic heterocycles. The van der Waals surface area contributed by atoms with E-state index in [4.69, 9.17) is 5.11 Å². The van der Waals surface area contributed by atoms with E-state index in [9.17, 15) is 4.79 Å². The number of aromatic nitrogens is 2. The fourth-order valence-corrected chi connectivity index (χ4v) is 2.07. The van der Waals surface area contributed by atoms with Crippen molar-refractivity contribution in [1.82, 2.24) is 14.7 Å². The van der Waals surface area contributed by atoms with Crippen molar-refractivity contribution in [2.24, 2.45) is 0 Å². The zero-order valence-electron chi connectivity index (χ0n) is 9.96. The van der Waals surface area contributed by atoms with Gasteiger partial charge in [-0.1, -0.05) is 0 Å². The molecule has 0 unspecified atom stereocenters. The molecule has 0 saturated heterocycles. The molecule has 1 saturated carbocycles. The zero-order chi connectivity index (χ0) is 12.1. The lowest BCUT2D eigenvalue weighted by molar-refractivity contribution is -0.136. The molecule has 0 spiro atoms. The Hall–Kier alpha value is -1.36. The lowest BCUT2D eigenvalue weighted by Crippen LogP contribution is -2.46. The van der Waals surface area contributed by atoms with Crippen molar-refractivity contribution in [3.8, 4) is 0 Å². The average Bonchev–Trinajstić information content (AvgIpc) is 2.73. The van der Waals surface area contributed by atoms with Crippen LogP contribution < -0.4 is 0 Å². The largest absolute Gasteiger partial charge is 0.396 e. The third kappa shape index (κ3) is 3.06. The van der Waals surface area contributed by atoms with E-state index in [1.54, 1.807) is 17.1 Å². The molecule has 1 N–H and O–H groups in total. The number of hydrogen-bond acceptors (Lipinski definition) is 3. The normalized spacial score (nSPS) is 15.6.